The third kappa shape index (κ3) is 2.42. The second-order valence-electron chi connectivity index (χ2n) is 3.95. The number of ether oxygens (including phenoxy) is 3. The number of hydrogen-bond donors (Lipinski definition) is 1. The van der Waals surface area contributed by atoms with Crippen LogP contribution in [0, 0.1) is 0 Å². The fourth-order valence-corrected chi connectivity index (χ4v) is 2.76. The highest BCUT2D eigenvalue weighted by Gasteiger charge is 2.19. The van der Waals surface area contributed by atoms with Gasteiger partial charge in [0.1, 0.15) is 16.4 Å². The average molecular weight is 293 g/mol. The van der Waals surface area contributed by atoms with Gasteiger partial charge in [0.05, 0.1) is 27.0 Å². The minimum atomic E-state index is -0.444. The van der Waals surface area contributed by atoms with E-state index < -0.39 is 5.97 Å². The number of methoxy groups -OCH3 is 3. The van der Waals surface area contributed by atoms with Gasteiger partial charge in [-0.15, -0.1) is 11.3 Å². The van der Waals surface area contributed by atoms with E-state index in [-0.39, 0.29) is 0 Å². The molecule has 20 heavy (non-hydrogen) atoms. The van der Waals surface area contributed by atoms with Gasteiger partial charge in [-0.05, 0) is 18.2 Å². The molecule has 0 bridgehead atoms. The zero-order valence-corrected chi connectivity index (χ0v) is 12.2. The molecule has 0 aliphatic rings. The minimum absolute atomic E-state index is 0.382. The Morgan fingerprint density at radius 2 is 1.90 bits per heavy atom. The Balaban J connectivity index is 2.56. The van der Waals surface area contributed by atoms with Crippen LogP contribution in [-0.4, -0.2) is 27.3 Å². The number of nitrogen functional groups attached to an aromatic ring is 1. The van der Waals surface area contributed by atoms with Crippen molar-refractivity contribution in [2.24, 2.45) is 0 Å². The van der Waals surface area contributed by atoms with Crippen molar-refractivity contribution in [2.45, 2.75) is 0 Å². The Labute approximate surface area is 120 Å². The Hall–Kier alpha value is -2.21. The van der Waals surface area contributed by atoms with Crippen LogP contribution in [0.3, 0.4) is 0 Å². The molecule has 0 saturated heterocycles. The molecule has 0 aliphatic carbocycles. The van der Waals surface area contributed by atoms with Crippen LogP contribution in [-0.2, 0) is 4.74 Å². The van der Waals surface area contributed by atoms with Gasteiger partial charge in [-0.3, -0.25) is 0 Å². The van der Waals surface area contributed by atoms with Crippen LogP contribution < -0.4 is 15.2 Å². The summed E-state index contributed by atoms with van der Waals surface area (Å²) in [6.45, 7) is 0. The van der Waals surface area contributed by atoms with Crippen molar-refractivity contribution < 1.29 is 19.0 Å². The van der Waals surface area contributed by atoms with E-state index in [9.17, 15) is 4.79 Å². The van der Waals surface area contributed by atoms with Crippen LogP contribution in [0.1, 0.15) is 9.67 Å². The lowest BCUT2D eigenvalue weighted by molar-refractivity contribution is 0.0607. The van der Waals surface area contributed by atoms with E-state index in [1.54, 1.807) is 31.7 Å². The fraction of sp³-hybridized carbons (Fsp3) is 0.214. The van der Waals surface area contributed by atoms with Crippen molar-refractivity contribution in [3.63, 3.8) is 0 Å². The maximum Gasteiger partial charge on any atom is 0.350 e. The number of thiophene rings is 1. The number of hydrogen-bond acceptors (Lipinski definition) is 6. The summed E-state index contributed by atoms with van der Waals surface area (Å²) in [7, 11) is 4.49. The van der Waals surface area contributed by atoms with Gasteiger partial charge in [0.15, 0.2) is 0 Å². The Kier molecular flexibility index (Phi) is 4.14. The number of carbonyl (C=O) groups is 1. The standard InChI is InChI=1S/C14H15NO4S/c1-17-8-4-5-11(18-2)9(6-8)10-7-20-13(12(10)15)14(16)19-3/h4-7H,15H2,1-3H3. The first kappa shape index (κ1) is 14.2. The summed E-state index contributed by atoms with van der Waals surface area (Å²) in [6, 6.07) is 5.41. The lowest BCUT2D eigenvalue weighted by Gasteiger charge is -2.10. The maximum absolute atomic E-state index is 11.6. The van der Waals surface area contributed by atoms with Crippen LogP contribution in [0.2, 0.25) is 0 Å². The quantitative estimate of drug-likeness (QED) is 0.878. The summed E-state index contributed by atoms with van der Waals surface area (Å²) in [4.78, 5) is 12.0. The molecule has 2 rings (SSSR count). The van der Waals surface area contributed by atoms with Gasteiger partial charge >= 0.3 is 5.97 Å². The van der Waals surface area contributed by atoms with Gasteiger partial charge in [0.25, 0.3) is 0 Å². The molecule has 0 saturated carbocycles. The van der Waals surface area contributed by atoms with Gasteiger partial charge in [-0.1, -0.05) is 0 Å². The number of esters is 1. The van der Waals surface area contributed by atoms with Gasteiger partial charge in [0.2, 0.25) is 0 Å². The molecule has 1 aromatic heterocycles. The van der Waals surface area contributed by atoms with Crippen molar-refractivity contribution in [1.29, 1.82) is 0 Å². The zero-order valence-electron chi connectivity index (χ0n) is 11.4. The molecule has 2 N–H and O–H groups in total. The maximum atomic E-state index is 11.6. The molecule has 6 heteroatoms. The van der Waals surface area contributed by atoms with E-state index >= 15 is 0 Å². The molecule has 0 aliphatic heterocycles. The molecule has 0 radical (unpaired) electrons. The van der Waals surface area contributed by atoms with E-state index in [2.05, 4.69) is 0 Å². The first-order valence-corrected chi connectivity index (χ1v) is 6.68. The van der Waals surface area contributed by atoms with Crippen LogP contribution in [0.4, 0.5) is 5.69 Å². The topological polar surface area (TPSA) is 70.8 Å². The van der Waals surface area contributed by atoms with Crippen LogP contribution in [0.5, 0.6) is 11.5 Å². The molecule has 1 heterocycles. The largest absolute Gasteiger partial charge is 0.497 e. The molecule has 0 fully saturated rings. The van der Waals surface area contributed by atoms with Gasteiger partial charge < -0.3 is 19.9 Å². The highest BCUT2D eigenvalue weighted by atomic mass is 32.1. The predicted molar refractivity (Wildman–Crippen MR) is 78.6 cm³/mol. The highest BCUT2D eigenvalue weighted by molar-refractivity contribution is 7.13. The molecular formula is C14H15NO4S. The van der Waals surface area contributed by atoms with Gasteiger partial charge in [-0.2, -0.15) is 0 Å². The Morgan fingerprint density at radius 3 is 2.50 bits per heavy atom. The van der Waals surface area contributed by atoms with Crippen LogP contribution >= 0.6 is 11.3 Å². The summed E-state index contributed by atoms with van der Waals surface area (Å²) in [6.07, 6.45) is 0. The first-order valence-electron chi connectivity index (χ1n) is 5.80. The van der Waals surface area contributed by atoms with Crippen molar-refractivity contribution in [1.82, 2.24) is 0 Å². The third-order valence-corrected chi connectivity index (χ3v) is 3.87. The van der Waals surface area contributed by atoms with Crippen molar-refractivity contribution in [3.05, 3.63) is 28.5 Å². The second-order valence-corrected chi connectivity index (χ2v) is 4.83. The lowest BCUT2D eigenvalue weighted by Crippen LogP contribution is -2.02. The average Bonchev–Trinajstić information content (AvgIpc) is 2.87. The van der Waals surface area contributed by atoms with E-state index in [0.29, 0.717) is 22.1 Å². The number of rotatable bonds is 4. The fourth-order valence-electron chi connectivity index (χ4n) is 1.85. The van der Waals surface area contributed by atoms with Gasteiger partial charge in [0, 0.05) is 16.5 Å². The van der Waals surface area contributed by atoms with Crippen LogP contribution in [0.15, 0.2) is 23.6 Å². The Bertz CT molecular complexity index is 636. The predicted octanol–water partition coefficient (Wildman–Crippen LogP) is 2.80. The second kappa shape index (κ2) is 5.83. The summed E-state index contributed by atoms with van der Waals surface area (Å²) >= 11 is 1.24. The highest BCUT2D eigenvalue weighted by Crippen LogP contribution is 2.40. The molecule has 0 unspecified atom stereocenters. The monoisotopic (exact) mass is 293 g/mol. The van der Waals surface area contributed by atoms with E-state index in [4.69, 9.17) is 19.9 Å². The Morgan fingerprint density at radius 1 is 1.15 bits per heavy atom. The molecule has 0 atom stereocenters. The molecule has 2 aromatic rings. The molecule has 0 amide bonds. The van der Waals surface area contributed by atoms with E-state index in [0.717, 1.165) is 11.1 Å². The van der Waals surface area contributed by atoms with Crippen LogP contribution in [0.25, 0.3) is 11.1 Å². The normalized spacial score (nSPS) is 10.2. The van der Waals surface area contributed by atoms with E-state index in [1.807, 2.05) is 6.07 Å². The molecule has 5 nitrogen and oxygen atoms in total. The number of carbonyl (C=O) groups excluding carboxylic acids is 1. The molecule has 0 spiro atoms. The van der Waals surface area contributed by atoms with Crippen molar-refractivity contribution in [2.75, 3.05) is 27.1 Å². The molecule has 1 aromatic carbocycles. The summed E-state index contributed by atoms with van der Waals surface area (Å²) in [5.41, 5.74) is 7.92. The third-order valence-electron chi connectivity index (χ3n) is 2.90. The van der Waals surface area contributed by atoms with E-state index in [1.165, 1.54) is 18.4 Å². The van der Waals surface area contributed by atoms with Crippen molar-refractivity contribution >= 4 is 23.0 Å². The summed E-state index contributed by atoms with van der Waals surface area (Å²) in [5, 5.41) is 1.80. The lowest BCUT2D eigenvalue weighted by atomic mass is 10.1. The molecular weight excluding hydrogens is 278 g/mol. The zero-order chi connectivity index (χ0) is 14.7. The summed E-state index contributed by atoms with van der Waals surface area (Å²) in [5.74, 6) is 0.901. The first-order chi connectivity index (χ1) is 9.62. The van der Waals surface area contributed by atoms with Gasteiger partial charge in [-0.25, -0.2) is 4.79 Å². The molecule has 106 valence electrons. The smallest absolute Gasteiger partial charge is 0.350 e. The minimum Gasteiger partial charge on any atom is -0.497 e. The summed E-state index contributed by atoms with van der Waals surface area (Å²) < 4.78 is 15.2. The number of nitrogens with two attached hydrogens (primary N) is 1. The van der Waals surface area contributed by atoms with Crippen molar-refractivity contribution in [3.8, 4) is 22.6 Å². The SMILES string of the molecule is COC(=O)c1scc(-c2cc(OC)ccc2OC)c1N. The number of anilines is 1. The number of benzene rings is 1.